The van der Waals surface area contributed by atoms with E-state index in [0.717, 1.165) is 11.3 Å². The Morgan fingerprint density at radius 1 is 1.19 bits per heavy atom. The molecule has 21 heavy (non-hydrogen) atoms. The second-order valence-corrected chi connectivity index (χ2v) is 7.79. The normalized spacial score (nSPS) is 11.9. The predicted octanol–water partition coefficient (Wildman–Crippen LogP) is 2.99. The molecule has 0 aliphatic carbocycles. The first-order valence-electron chi connectivity index (χ1n) is 6.07. The largest absolute Gasteiger partial charge is 0.399 e. The zero-order valence-corrected chi connectivity index (χ0v) is 12.4. The van der Waals surface area contributed by atoms with Crippen molar-refractivity contribution >= 4 is 37.1 Å². The molecule has 1 heterocycles. The van der Waals surface area contributed by atoms with Crippen LogP contribution >= 0.6 is 11.3 Å². The topological polar surface area (TPSA) is 73.0 Å². The molecule has 0 aliphatic rings. The van der Waals surface area contributed by atoms with Crippen molar-refractivity contribution in [1.82, 2.24) is 4.98 Å². The van der Waals surface area contributed by atoms with Crippen LogP contribution in [-0.2, 0) is 15.6 Å². The number of hydrogen-bond acceptors (Lipinski definition) is 5. The maximum absolute atomic E-state index is 13.1. The van der Waals surface area contributed by atoms with Gasteiger partial charge in [0.25, 0.3) is 0 Å². The molecule has 3 aromatic rings. The van der Waals surface area contributed by atoms with E-state index >= 15 is 0 Å². The van der Waals surface area contributed by atoms with Gasteiger partial charge in [-0.15, -0.1) is 11.3 Å². The van der Waals surface area contributed by atoms with Gasteiger partial charge in [0.15, 0.2) is 0 Å². The van der Waals surface area contributed by atoms with Crippen LogP contribution < -0.4 is 5.73 Å². The molecule has 0 atom stereocenters. The van der Waals surface area contributed by atoms with E-state index in [9.17, 15) is 12.8 Å². The summed E-state index contributed by atoms with van der Waals surface area (Å²) >= 11 is 1.07. The number of nitrogens with zero attached hydrogens (tertiary/aromatic N) is 1. The molecule has 0 fully saturated rings. The fraction of sp³-hybridized carbons (Fsp3) is 0.0714. The van der Waals surface area contributed by atoms with Crippen molar-refractivity contribution in [2.45, 2.75) is 10.1 Å². The Labute approximate surface area is 125 Å². The smallest absolute Gasteiger partial charge is 0.210 e. The number of sulfone groups is 1. The number of benzene rings is 2. The lowest BCUT2D eigenvalue weighted by Gasteiger charge is -2.01. The van der Waals surface area contributed by atoms with E-state index in [4.69, 9.17) is 5.73 Å². The molecule has 0 amide bonds. The standard InChI is InChI=1S/C14H11FN2O2S2/c15-10-3-1-2-9(6-10)8-21(18,19)14-17-12-5-4-11(16)7-13(12)20-14/h1-7H,8,16H2. The number of hydrogen-bond donors (Lipinski definition) is 1. The van der Waals surface area contributed by atoms with Crippen LogP contribution in [0.15, 0.2) is 46.8 Å². The molecule has 1 aromatic heterocycles. The SMILES string of the molecule is Nc1ccc2nc(S(=O)(=O)Cc3cccc(F)c3)sc2c1. The lowest BCUT2D eigenvalue weighted by Crippen LogP contribution is -2.04. The van der Waals surface area contributed by atoms with Gasteiger partial charge in [0, 0.05) is 5.69 Å². The number of nitrogen functional groups attached to an aromatic ring is 1. The zero-order valence-electron chi connectivity index (χ0n) is 10.8. The molecule has 0 unspecified atom stereocenters. The van der Waals surface area contributed by atoms with Crippen molar-refractivity contribution in [2.75, 3.05) is 5.73 Å². The summed E-state index contributed by atoms with van der Waals surface area (Å²) in [7, 11) is -3.60. The van der Waals surface area contributed by atoms with E-state index in [2.05, 4.69) is 4.98 Å². The third-order valence-corrected chi connectivity index (χ3v) is 6.07. The number of aromatic nitrogens is 1. The Kier molecular flexibility index (Phi) is 3.38. The van der Waals surface area contributed by atoms with Crippen LogP contribution in [0.1, 0.15) is 5.56 Å². The fourth-order valence-electron chi connectivity index (χ4n) is 1.96. The first-order valence-corrected chi connectivity index (χ1v) is 8.54. The molecule has 0 saturated carbocycles. The van der Waals surface area contributed by atoms with Gasteiger partial charge in [0.2, 0.25) is 14.2 Å². The van der Waals surface area contributed by atoms with Gasteiger partial charge in [-0.2, -0.15) is 0 Å². The van der Waals surface area contributed by atoms with Crippen molar-refractivity contribution in [3.63, 3.8) is 0 Å². The van der Waals surface area contributed by atoms with Gasteiger partial charge < -0.3 is 5.73 Å². The first kappa shape index (κ1) is 14.0. The highest BCUT2D eigenvalue weighted by Gasteiger charge is 2.20. The summed E-state index contributed by atoms with van der Waals surface area (Å²) in [6, 6.07) is 10.6. The zero-order chi connectivity index (χ0) is 15.0. The Morgan fingerprint density at radius 2 is 2.00 bits per heavy atom. The fourth-order valence-corrected chi connectivity index (χ4v) is 4.64. The molecular formula is C14H11FN2O2S2. The second-order valence-electron chi connectivity index (χ2n) is 4.60. The molecular weight excluding hydrogens is 311 g/mol. The van der Waals surface area contributed by atoms with Crippen LogP contribution in [0, 0.1) is 5.82 Å². The first-order chi connectivity index (χ1) is 9.94. The Morgan fingerprint density at radius 3 is 2.76 bits per heavy atom. The molecule has 2 aromatic carbocycles. The molecule has 3 rings (SSSR count). The molecule has 0 bridgehead atoms. The summed E-state index contributed by atoms with van der Waals surface area (Å²) < 4.78 is 38.6. The van der Waals surface area contributed by atoms with Gasteiger partial charge in [0.05, 0.1) is 16.0 Å². The summed E-state index contributed by atoms with van der Waals surface area (Å²) in [6.07, 6.45) is 0. The molecule has 4 nitrogen and oxygen atoms in total. The average molecular weight is 322 g/mol. The Balaban J connectivity index is 2.00. The van der Waals surface area contributed by atoms with E-state index in [1.54, 1.807) is 24.3 Å². The molecule has 0 aliphatic heterocycles. The van der Waals surface area contributed by atoms with Gasteiger partial charge in [-0.25, -0.2) is 17.8 Å². The maximum Gasteiger partial charge on any atom is 0.210 e. The molecule has 7 heteroatoms. The van der Waals surface area contributed by atoms with Crippen molar-refractivity contribution < 1.29 is 12.8 Å². The number of thiazole rings is 1. The summed E-state index contributed by atoms with van der Waals surface area (Å²) in [5.41, 5.74) is 7.21. The van der Waals surface area contributed by atoms with E-state index in [0.29, 0.717) is 21.5 Å². The molecule has 108 valence electrons. The third-order valence-electron chi connectivity index (χ3n) is 2.90. The van der Waals surface area contributed by atoms with E-state index in [-0.39, 0.29) is 10.1 Å². The lowest BCUT2D eigenvalue weighted by molar-refractivity contribution is 0.594. The highest BCUT2D eigenvalue weighted by Crippen LogP contribution is 2.29. The van der Waals surface area contributed by atoms with Crippen molar-refractivity contribution in [1.29, 1.82) is 0 Å². The molecule has 0 saturated heterocycles. The second kappa shape index (κ2) is 5.09. The summed E-state index contributed by atoms with van der Waals surface area (Å²) in [4.78, 5) is 4.13. The Hall–Kier alpha value is -1.99. The van der Waals surface area contributed by atoms with Crippen LogP contribution in [0.3, 0.4) is 0 Å². The van der Waals surface area contributed by atoms with E-state index in [1.807, 2.05) is 0 Å². The van der Waals surface area contributed by atoms with Crippen LogP contribution in [-0.4, -0.2) is 13.4 Å². The average Bonchev–Trinajstić information content (AvgIpc) is 2.82. The maximum atomic E-state index is 13.1. The summed E-state index contributed by atoms with van der Waals surface area (Å²) in [5.74, 6) is -0.736. The third kappa shape index (κ3) is 2.88. The highest BCUT2D eigenvalue weighted by molar-refractivity contribution is 7.92. The number of anilines is 1. The number of nitrogens with two attached hydrogens (primary N) is 1. The summed E-state index contributed by atoms with van der Waals surface area (Å²) in [5, 5.41) is 0. The van der Waals surface area contributed by atoms with Crippen molar-refractivity contribution in [2.24, 2.45) is 0 Å². The van der Waals surface area contributed by atoms with Gasteiger partial charge in [0.1, 0.15) is 5.82 Å². The van der Waals surface area contributed by atoms with Crippen molar-refractivity contribution in [3.8, 4) is 0 Å². The molecule has 0 spiro atoms. The van der Waals surface area contributed by atoms with Crippen LogP contribution in [0.4, 0.5) is 10.1 Å². The highest BCUT2D eigenvalue weighted by atomic mass is 32.2. The molecule has 2 N–H and O–H groups in total. The summed E-state index contributed by atoms with van der Waals surface area (Å²) in [6.45, 7) is 0. The monoisotopic (exact) mass is 322 g/mol. The minimum Gasteiger partial charge on any atom is -0.399 e. The van der Waals surface area contributed by atoms with Gasteiger partial charge in [-0.1, -0.05) is 12.1 Å². The van der Waals surface area contributed by atoms with Gasteiger partial charge >= 0.3 is 0 Å². The predicted molar refractivity (Wildman–Crippen MR) is 81.3 cm³/mol. The quantitative estimate of drug-likeness (QED) is 0.752. The van der Waals surface area contributed by atoms with Gasteiger partial charge in [-0.3, -0.25) is 0 Å². The minimum atomic E-state index is -3.60. The molecule has 0 radical (unpaired) electrons. The van der Waals surface area contributed by atoms with Crippen LogP contribution in [0.2, 0.25) is 0 Å². The van der Waals surface area contributed by atoms with Crippen LogP contribution in [0.5, 0.6) is 0 Å². The van der Waals surface area contributed by atoms with Crippen LogP contribution in [0.25, 0.3) is 10.2 Å². The lowest BCUT2D eigenvalue weighted by atomic mass is 10.2. The van der Waals surface area contributed by atoms with Gasteiger partial charge in [-0.05, 0) is 35.9 Å². The number of rotatable bonds is 3. The minimum absolute atomic E-state index is 0.0207. The number of halogens is 1. The Bertz CT molecular complexity index is 920. The van der Waals surface area contributed by atoms with E-state index < -0.39 is 15.7 Å². The number of fused-ring (bicyclic) bond motifs is 1. The van der Waals surface area contributed by atoms with E-state index in [1.165, 1.54) is 18.2 Å². The van der Waals surface area contributed by atoms with Crippen molar-refractivity contribution in [3.05, 3.63) is 53.8 Å².